The molecule has 6 heteroatoms. The summed E-state index contributed by atoms with van der Waals surface area (Å²) < 4.78 is 2.87. The van der Waals surface area contributed by atoms with Gasteiger partial charge in [-0.3, -0.25) is 0 Å². The molecule has 0 rings (SSSR count). The zero-order valence-electron chi connectivity index (χ0n) is 7.81. The van der Waals surface area contributed by atoms with Crippen LogP contribution in [0.25, 0.3) is 0 Å². The van der Waals surface area contributed by atoms with Crippen LogP contribution in [0.4, 0.5) is 0 Å². The van der Waals surface area contributed by atoms with Gasteiger partial charge in [0.2, 0.25) is 0 Å². The van der Waals surface area contributed by atoms with Gasteiger partial charge in [0.05, 0.1) is 11.6 Å². The summed E-state index contributed by atoms with van der Waals surface area (Å²) in [5.41, 5.74) is 0. The van der Waals surface area contributed by atoms with Crippen LogP contribution in [0.1, 0.15) is 13.8 Å². The summed E-state index contributed by atoms with van der Waals surface area (Å²) >= 11 is 11.1. The van der Waals surface area contributed by atoms with Crippen LogP contribution >= 0.6 is 28.1 Å². The van der Waals surface area contributed by atoms with Crippen LogP contribution in [0.5, 0.6) is 0 Å². The van der Waals surface area contributed by atoms with Crippen molar-refractivity contribution in [2.75, 3.05) is 13.3 Å². The lowest BCUT2D eigenvalue weighted by atomic mass is 10.5. The van der Waals surface area contributed by atoms with E-state index in [1.54, 1.807) is 0 Å². The Kier molecular flexibility index (Phi) is 6.38. The number of methoxy groups -OCH3 is 1. The van der Waals surface area contributed by atoms with Crippen molar-refractivity contribution in [3.05, 3.63) is 11.0 Å². The van der Waals surface area contributed by atoms with Crippen molar-refractivity contribution in [3.8, 4) is 0 Å². The van der Waals surface area contributed by atoms with Crippen molar-refractivity contribution in [3.63, 3.8) is 0 Å². The first-order valence-electron chi connectivity index (χ1n) is 3.69. The third-order valence-electron chi connectivity index (χ3n) is 1.21. The molecule has 76 valence electrons. The highest BCUT2D eigenvalue weighted by molar-refractivity contribution is 8.97. The van der Waals surface area contributed by atoms with E-state index >= 15 is 0 Å². The first kappa shape index (κ1) is 13.6. The number of hydrogen-bond acceptors (Lipinski definition) is 4. The van der Waals surface area contributed by atoms with Crippen molar-refractivity contribution in [1.29, 1.82) is 0 Å². The Bertz CT molecular complexity index is 262. The van der Waals surface area contributed by atoms with Gasteiger partial charge in [0, 0.05) is 6.08 Å². The minimum absolute atomic E-state index is 0.343. The van der Waals surface area contributed by atoms with E-state index in [-0.39, 0.29) is 5.97 Å². The van der Waals surface area contributed by atoms with E-state index in [9.17, 15) is 4.79 Å². The standard InChI is InChI=1S/C7H13O2PS3/c1-4-10(11,12)13-6(2)5-7(8)9-3/h5H,4H2,1-3H3,(H,11,12). The van der Waals surface area contributed by atoms with Gasteiger partial charge in [-0.15, -0.1) is 12.2 Å². The minimum Gasteiger partial charge on any atom is -0.466 e. The lowest BCUT2D eigenvalue weighted by Crippen LogP contribution is -1.94. The van der Waals surface area contributed by atoms with Crippen molar-refractivity contribution in [2.45, 2.75) is 13.8 Å². The summed E-state index contributed by atoms with van der Waals surface area (Å²) in [4.78, 5) is 11.7. The van der Waals surface area contributed by atoms with Gasteiger partial charge in [0.15, 0.2) is 0 Å². The number of hydrogen-bond donors (Lipinski definition) is 1. The minimum atomic E-state index is -1.63. The fraction of sp³-hybridized carbons (Fsp3) is 0.571. The highest BCUT2D eigenvalue weighted by atomic mass is 33.2. The third kappa shape index (κ3) is 6.61. The average Bonchev–Trinajstić information content (AvgIpc) is 2.03. The number of rotatable bonds is 4. The monoisotopic (exact) mass is 256 g/mol. The molecule has 0 saturated heterocycles. The second-order valence-corrected chi connectivity index (χ2v) is 13.7. The van der Waals surface area contributed by atoms with Gasteiger partial charge in [-0.1, -0.05) is 30.1 Å². The van der Waals surface area contributed by atoms with E-state index in [2.05, 4.69) is 17.0 Å². The van der Waals surface area contributed by atoms with Gasteiger partial charge in [-0.25, -0.2) is 4.79 Å². The van der Waals surface area contributed by atoms with Crippen LogP contribution < -0.4 is 0 Å². The molecule has 0 saturated carbocycles. The number of thiol groups is 1. The Balaban J connectivity index is 4.30. The maximum absolute atomic E-state index is 10.8. The van der Waals surface area contributed by atoms with Crippen LogP contribution in [-0.4, -0.2) is 19.2 Å². The summed E-state index contributed by atoms with van der Waals surface area (Å²) in [6.45, 7) is 3.85. The molecule has 0 bridgehead atoms. The molecule has 0 radical (unpaired) electrons. The predicted molar refractivity (Wildman–Crippen MR) is 67.2 cm³/mol. The van der Waals surface area contributed by atoms with Gasteiger partial charge in [0.25, 0.3) is 0 Å². The zero-order chi connectivity index (χ0) is 10.5. The second-order valence-electron chi connectivity index (χ2n) is 2.32. The van der Waals surface area contributed by atoms with E-state index in [1.807, 2.05) is 13.8 Å². The Morgan fingerprint density at radius 2 is 2.31 bits per heavy atom. The molecule has 0 N–H and O–H groups in total. The number of carbonyl (C=O) groups is 1. The van der Waals surface area contributed by atoms with Crippen LogP contribution in [0.15, 0.2) is 11.0 Å². The molecule has 0 aliphatic heterocycles. The van der Waals surface area contributed by atoms with Gasteiger partial charge in [-0.2, -0.15) is 0 Å². The highest BCUT2D eigenvalue weighted by Gasteiger charge is 2.10. The lowest BCUT2D eigenvalue weighted by molar-refractivity contribution is -0.134. The third-order valence-corrected chi connectivity index (χ3v) is 8.22. The Morgan fingerprint density at radius 1 is 1.77 bits per heavy atom. The molecule has 0 aromatic rings. The van der Waals surface area contributed by atoms with E-state index in [4.69, 9.17) is 11.8 Å². The van der Waals surface area contributed by atoms with Crippen LogP contribution in [0, 0.1) is 0 Å². The van der Waals surface area contributed by atoms with Crippen LogP contribution in [0.2, 0.25) is 0 Å². The summed E-state index contributed by atoms with van der Waals surface area (Å²) in [7, 11) is 1.35. The molecule has 0 amide bonds. The van der Waals surface area contributed by atoms with E-state index in [0.29, 0.717) is 0 Å². The number of ether oxygens (including phenoxy) is 1. The van der Waals surface area contributed by atoms with Gasteiger partial charge >= 0.3 is 5.97 Å². The first-order valence-corrected chi connectivity index (χ1v) is 9.25. The first-order chi connectivity index (χ1) is 5.91. The van der Waals surface area contributed by atoms with Crippen LogP contribution in [0.3, 0.4) is 0 Å². The molecule has 1 unspecified atom stereocenters. The molecule has 0 fully saturated rings. The van der Waals surface area contributed by atoms with E-state index < -0.39 is 4.44 Å². The van der Waals surface area contributed by atoms with Crippen molar-refractivity contribution in [1.82, 2.24) is 0 Å². The fourth-order valence-electron chi connectivity index (χ4n) is 0.541. The molecule has 0 aromatic carbocycles. The summed E-state index contributed by atoms with van der Waals surface area (Å²) in [6, 6.07) is 0. The maximum atomic E-state index is 10.8. The maximum Gasteiger partial charge on any atom is 0.331 e. The van der Waals surface area contributed by atoms with Crippen molar-refractivity contribution >= 4 is 45.8 Å². The number of esters is 1. The van der Waals surface area contributed by atoms with E-state index in [0.717, 1.165) is 11.1 Å². The molecule has 0 heterocycles. The number of carbonyl (C=O) groups excluding carboxylic acids is 1. The smallest absolute Gasteiger partial charge is 0.331 e. The molecule has 2 nitrogen and oxygen atoms in total. The molecular formula is C7H13O2PS3. The molecule has 0 aliphatic rings. The normalized spacial score (nSPS) is 16.5. The molecule has 0 spiro atoms. The molecular weight excluding hydrogens is 243 g/mol. The van der Waals surface area contributed by atoms with Gasteiger partial charge < -0.3 is 4.74 Å². The topological polar surface area (TPSA) is 26.3 Å². The highest BCUT2D eigenvalue weighted by Crippen LogP contribution is 2.65. The molecule has 0 aromatic heterocycles. The largest absolute Gasteiger partial charge is 0.466 e. The van der Waals surface area contributed by atoms with E-state index in [1.165, 1.54) is 24.6 Å². The molecule has 13 heavy (non-hydrogen) atoms. The number of allylic oxidation sites excluding steroid dienone is 1. The summed E-state index contributed by atoms with van der Waals surface area (Å²) in [5.74, 6) is -0.343. The molecule has 0 aliphatic carbocycles. The SMILES string of the molecule is CCP(=S)(S)SC(C)=CC(=O)OC. The summed E-state index contributed by atoms with van der Waals surface area (Å²) in [5, 5.41) is 0. The van der Waals surface area contributed by atoms with Gasteiger partial charge in [0.1, 0.15) is 0 Å². The summed E-state index contributed by atoms with van der Waals surface area (Å²) in [6.07, 6.45) is 2.31. The Labute approximate surface area is 93.4 Å². The Hall–Kier alpha value is 0.560. The van der Waals surface area contributed by atoms with Crippen molar-refractivity contribution < 1.29 is 9.53 Å². The quantitative estimate of drug-likeness (QED) is 0.362. The fourth-order valence-corrected chi connectivity index (χ4v) is 5.38. The molecule has 1 atom stereocenters. The zero-order valence-corrected chi connectivity index (χ0v) is 11.2. The second kappa shape index (κ2) is 6.12. The Morgan fingerprint density at radius 3 is 2.69 bits per heavy atom. The predicted octanol–water partition coefficient (Wildman–Crippen LogP) is 3.06. The van der Waals surface area contributed by atoms with Gasteiger partial charge in [-0.05, 0) is 18.0 Å². The van der Waals surface area contributed by atoms with Crippen LogP contribution in [-0.2, 0) is 21.3 Å². The lowest BCUT2D eigenvalue weighted by Gasteiger charge is -2.11. The van der Waals surface area contributed by atoms with Crippen molar-refractivity contribution in [2.24, 2.45) is 0 Å². The average molecular weight is 256 g/mol.